The zero-order chi connectivity index (χ0) is 6.91. The molecule has 0 unspecified atom stereocenters. The topological polar surface area (TPSA) is 49.3 Å². The van der Waals surface area contributed by atoms with E-state index in [1.54, 1.807) is 0 Å². The molecule has 0 aromatic carbocycles. The minimum absolute atomic E-state index is 0.132. The largest absolute Gasteiger partial charge is 0.381 e. The lowest BCUT2D eigenvalue weighted by Gasteiger charge is -2.15. The molecule has 1 atom stereocenters. The molecule has 0 aliphatic carbocycles. The monoisotopic (exact) mass is 129 g/mol. The van der Waals surface area contributed by atoms with Crippen LogP contribution in [0.4, 0.5) is 0 Å². The first kappa shape index (κ1) is 6.71. The molecule has 1 aliphatic heterocycles. The van der Waals surface area contributed by atoms with Crippen molar-refractivity contribution in [3.63, 3.8) is 0 Å². The summed E-state index contributed by atoms with van der Waals surface area (Å²) in [7, 11) is 0. The van der Waals surface area contributed by atoms with E-state index in [0.717, 1.165) is 6.54 Å². The quantitative estimate of drug-likeness (QED) is 0.492. The first-order chi connectivity index (χ1) is 4.15. The molecule has 2 N–H and O–H groups in total. The fourth-order valence-electron chi connectivity index (χ4n) is 0.979. The Hall–Kier alpha value is -0.410. The molecule has 0 aromatic heterocycles. The molecule has 0 bridgehead atoms. The second-order valence-corrected chi connectivity index (χ2v) is 2.51. The number of aliphatic hydroxyl groups is 1. The Kier molecular flexibility index (Phi) is 1.55. The average molecular weight is 129 g/mol. The van der Waals surface area contributed by atoms with Crippen LogP contribution in [-0.4, -0.2) is 29.6 Å². The van der Waals surface area contributed by atoms with Crippen LogP contribution in [0.5, 0.6) is 0 Å². The van der Waals surface area contributed by atoms with Gasteiger partial charge in [-0.2, -0.15) is 0 Å². The normalized spacial score (nSPS) is 34.9. The lowest BCUT2D eigenvalue weighted by Crippen LogP contribution is -2.38. The number of carbonyl (C=O) groups is 1. The van der Waals surface area contributed by atoms with E-state index in [-0.39, 0.29) is 5.78 Å². The molecule has 1 fully saturated rings. The number of nitrogens with one attached hydrogen (secondary N) is 1. The predicted molar refractivity (Wildman–Crippen MR) is 33.1 cm³/mol. The highest BCUT2D eigenvalue weighted by Crippen LogP contribution is 2.14. The fraction of sp³-hybridized carbons (Fsp3) is 0.833. The van der Waals surface area contributed by atoms with Crippen molar-refractivity contribution in [3.05, 3.63) is 0 Å². The van der Waals surface area contributed by atoms with Crippen LogP contribution in [0, 0.1) is 0 Å². The molecule has 9 heavy (non-hydrogen) atoms. The van der Waals surface area contributed by atoms with Gasteiger partial charge in [0.1, 0.15) is 5.60 Å². The van der Waals surface area contributed by atoms with Crippen molar-refractivity contribution in [2.75, 3.05) is 13.1 Å². The Balaban J connectivity index is 2.61. The van der Waals surface area contributed by atoms with Crippen LogP contribution in [-0.2, 0) is 4.79 Å². The zero-order valence-electron chi connectivity index (χ0n) is 5.48. The molecule has 0 aromatic rings. The minimum Gasteiger partial charge on any atom is -0.381 e. The van der Waals surface area contributed by atoms with Gasteiger partial charge in [0, 0.05) is 6.54 Å². The van der Waals surface area contributed by atoms with Crippen molar-refractivity contribution in [1.82, 2.24) is 5.32 Å². The van der Waals surface area contributed by atoms with Gasteiger partial charge in [0.2, 0.25) is 0 Å². The minimum atomic E-state index is -1.06. The number of ketones is 1. The molecule has 0 amide bonds. The summed E-state index contributed by atoms with van der Waals surface area (Å²) in [6, 6.07) is 0. The van der Waals surface area contributed by atoms with Gasteiger partial charge in [-0.05, 0) is 19.9 Å². The van der Waals surface area contributed by atoms with Crippen LogP contribution in [0.3, 0.4) is 0 Å². The van der Waals surface area contributed by atoms with Crippen LogP contribution in [0.25, 0.3) is 0 Å². The van der Waals surface area contributed by atoms with Gasteiger partial charge < -0.3 is 10.4 Å². The zero-order valence-corrected chi connectivity index (χ0v) is 5.48. The van der Waals surface area contributed by atoms with Crippen LogP contribution in [0.15, 0.2) is 0 Å². The van der Waals surface area contributed by atoms with E-state index in [1.165, 1.54) is 6.92 Å². The molecule has 1 rings (SSSR count). The summed E-state index contributed by atoms with van der Waals surface area (Å²) >= 11 is 0. The van der Waals surface area contributed by atoms with Gasteiger partial charge in [0.05, 0.1) is 0 Å². The third-order valence-electron chi connectivity index (χ3n) is 1.79. The molecule has 3 nitrogen and oxygen atoms in total. The smallest absolute Gasteiger partial charge is 0.162 e. The van der Waals surface area contributed by atoms with Crippen molar-refractivity contribution in [1.29, 1.82) is 0 Å². The average Bonchev–Trinajstić information content (AvgIpc) is 2.16. The highest BCUT2D eigenvalue weighted by molar-refractivity contribution is 5.85. The lowest BCUT2D eigenvalue weighted by atomic mass is 9.99. The number of hydrogen-bond acceptors (Lipinski definition) is 3. The molecular weight excluding hydrogens is 118 g/mol. The number of Topliss-reactive ketones (excluding diaryl/α,β-unsaturated/α-hetero) is 1. The fourth-order valence-corrected chi connectivity index (χ4v) is 0.979. The third kappa shape index (κ3) is 1.11. The molecular formula is C6H11NO2. The van der Waals surface area contributed by atoms with E-state index in [4.69, 9.17) is 0 Å². The number of β-amino-alcohol motifs (C(OH)–C–C–N with tert-alkyl or cyclic N) is 1. The summed E-state index contributed by atoms with van der Waals surface area (Å²) in [4.78, 5) is 10.7. The second-order valence-electron chi connectivity index (χ2n) is 2.51. The second kappa shape index (κ2) is 2.08. The van der Waals surface area contributed by atoms with E-state index in [2.05, 4.69) is 5.32 Å². The van der Waals surface area contributed by atoms with Gasteiger partial charge in [0.25, 0.3) is 0 Å². The van der Waals surface area contributed by atoms with Crippen molar-refractivity contribution in [2.24, 2.45) is 0 Å². The molecule has 1 saturated heterocycles. The summed E-state index contributed by atoms with van der Waals surface area (Å²) in [5.41, 5.74) is -1.06. The first-order valence-corrected chi connectivity index (χ1v) is 3.09. The third-order valence-corrected chi connectivity index (χ3v) is 1.79. The van der Waals surface area contributed by atoms with Gasteiger partial charge in [0.15, 0.2) is 5.78 Å². The van der Waals surface area contributed by atoms with Gasteiger partial charge >= 0.3 is 0 Å². The maximum absolute atomic E-state index is 10.7. The Morgan fingerprint density at radius 2 is 2.44 bits per heavy atom. The van der Waals surface area contributed by atoms with Crippen molar-refractivity contribution in [3.8, 4) is 0 Å². The molecule has 0 spiro atoms. The summed E-state index contributed by atoms with van der Waals surface area (Å²) < 4.78 is 0. The van der Waals surface area contributed by atoms with Crippen molar-refractivity contribution >= 4 is 5.78 Å². The van der Waals surface area contributed by atoms with Gasteiger partial charge in [-0.25, -0.2) is 0 Å². The molecule has 52 valence electrons. The number of rotatable bonds is 1. The molecule has 1 aliphatic rings. The molecule has 0 radical (unpaired) electrons. The van der Waals surface area contributed by atoms with Crippen LogP contribution in [0.1, 0.15) is 13.3 Å². The van der Waals surface area contributed by atoms with E-state index in [9.17, 15) is 9.90 Å². The summed E-state index contributed by atoms with van der Waals surface area (Å²) in [6.07, 6.45) is 0.558. The van der Waals surface area contributed by atoms with E-state index in [1.807, 2.05) is 0 Å². The van der Waals surface area contributed by atoms with E-state index >= 15 is 0 Å². The summed E-state index contributed by atoms with van der Waals surface area (Å²) in [5.74, 6) is -0.132. The Bertz CT molecular complexity index is 127. The highest BCUT2D eigenvalue weighted by atomic mass is 16.3. The van der Waals surface area contributed by atoms with Crippen molar-refractivity contribution in [2.45, 2.75) is 18.9 Å². The molecule has 1 heterocycles. The Morgan fingerprint density at radius 1 is 1.78 bits per heavy atom. The van der Waals surface area contributed by atoms with Crippen LogP contribution < -0.4 is 5.32 Å². The maximum atomic E-state index is 10.7. The van der Waals surface area contributed by atoms with E-state index in [0.29, 0.717) is 13.0 Å². The molecule has 0 saturated carbocycles. The predicted octanol–water partition coefficient (Wildman–Crippen LogP) is -0.700. The Labute approximate surface area is 54.1 Å². The van der Waals surface area contributed by atoms with Gasteiger partial charge in [-0.15, -0.1) is 0 Å². The maximum Gasteiger partial charge on any atom is 0.162 e. The first-order valence-electron chi connectivity index (χ1n) is 3.09. The summed E-state index contributed by atoms with van der Waals surface area (Å²) in [5, 5.41) is 12.3. The molecule has 3 heteroatoms. The van der Waals surface area contributed by atoms with Gasteiger partial charge in [-0.1, -0.05) is 0 Å². The van der Waals surface area contributed by atoms with E-state index < -0.39 is 5.60 Å². The van der Waals surface area contributed by atoms with Gasteiger partial charge in [-0.3, -0.25) is 4.79 Å². The lowest BCUT2D eigenvalue weighted by molar-refractivity contribution is -0.133. The standard InChI is InChI=1S/C6H11NO2/c1-5(8)6(9)2-3-7-4-6/h7,9H,2-4H2,1H3/t6-/m0/s1. The number of carbonyl (C=O) groups excluding carboxylic acids is 1. The number of hydrogen-bond donors (Lipinski definition) is 2. The SMILES string of the molecule is CC(=O)[C@]1(O)CCNC1. The van der Waals surface area contributed by atoms with Crippen LogP contribution >= 0.6 is 0 Å². The van der Waals surface area contributed by atoms with Crippen LogP contribution in [0.2, 0.25) is 0 Å². The Morgan fingerprint density at radius 3 is 2.67 bits per heavy atom. The summed E-state index contributed by atoms with van der Waals surface area (Å²) in [6.45, 7) is 2.59. The van der Waals surface area contributed by atoms with Crippen molar-refractivity contribution < 1.29 is 9.90 Å². The highest BCUT2D eigenvalue weighted by Gasteiger charge is 2.35.